The van der Waals surface area contributed by atoms with E-state index in [1.807, 2.05) is 54.6 Å². The fourth-order valence-corrected chi connectivity index (χ4v) is 3.38. The summed E-state index contributed by atoms with van der Waals surface area (Å²) in [5, 5.41) is 6.19. The molecule has 4 nitrogen and oxygen atoms in total. The van der Waals surface area contributed by atoms with Crippen molar-refractivity contribution in [3.8, 4) is 11.1 Å². The Morgan fingerprint density at radius 2 is 1.64 bits per heavy atom. The number of para-hydroxylation sites is 1. The van der Waals surface area contributed by atoms with Crippen molar-refractivity contribution in [3.05, 3.63) is 94.1 Å². The van der Waals surface area contributed by atoms with E-state index in [1.165, 1.54) is 0 Å². The maximum absolute atomic E-state index is 12.8. The third-order valence-electron chi connectivity index (χ3n) is 4.33. The summed E-state index contributed by atoms with van der Waals surface area (Å²) in [6, 6.07) is 22.3. The van der Waals surface area contributed by atoms with Crippen LogP contribution in [0.3, 0.4) is 0 Å². The number of carbonyl (C=O) groups is 1. The topological polar surface area (TPSA) is 57.2 Å². The minimum absolute atomic E-state index is 0.351. The lowest BCUT2D eigenvalue weighted by Crippen LogP contribution is -2.18. The maximum Gasteiger partial charge on any atom is 0.288 e. The smallest absolute Gasteiger partial charge is 0.288 e. The molecule has 1 amide bonds. The SMILES string of the molecule is O=C(N/N=C\c1ccc(Cl)cc1)c1[nH]c2ccccc2c1-c1ccccc1Cl. The Morgan fingerprint density at radius 1 is 0.929 bits per heavy atom. The summed E-state index contributed by atoms with van der Waals surface area (Å²) < 4.78 is 0. The molecule has 138 valence electrons. The zero-order valence-electron chi connectivity index (χ0n) is 14.6. The van der Waals surface area contributed by atoms with Crippen LogP contribution in [0, 0.1) is 0 Å². The first-order chi connectivity index (χ1) is 13.6. The van der Waals surface area contributed by atoms with E-state index in [0.717, 1.165) is 27.6 Å². The molecule has 1 heterocycles. The molecule has 3 aromatic carbocycles. The number of H-pyrrole nitrogens is 1. The number of benzene rings is 3. The number of nitrogens with one attached hydrogen (secondary N) is 2. The second-order valence-electron chi connectivity index (χ2n) is 6.15. The van der Waals surface area contributed by atoms with Crippen LogP contribution in [0.25, 0.3) is 22.0 Å². The van der Waals surface area contributed by atoms with Gasteiger partial charge in [0.25, 0.3) is 5.91 Å². The molecular formula is C22H15Cl2N3O. The van der Waals surface area contributed by atoms with Crippen LogP contribution >= 0.6 is 23.2 Å². The number of hydrazone groups is 1. The van der Waals surface area contributed by atoms with Gasteiger partial charge in [-0.1, -0.05) is 71.7 Å². The highest BCUT2D eigenvalue weighted by Crippen LogP contribution is 2.36. The molecule has 0 aliphatic carbocycles. The van der Waals surface area contributed by atoms with Crippen LogP contribution in [0.2, 0.25) is 10.0 Å². The number of nitrogens with zero attached hydrogens (tertiary/aromatic N) is 1. The number of fused-ring (bicyclic) bond motifs is 1. The predicted molar refractivity (Wildman–Crippen MR) is 115 cm³/mol. The summed E-state index contributed by atoms with van der Waals surface area (Å²) in [6.07, 6.45) is 1.56. The standard InChI is InChI=1S/C22H15Cl2N3O/c23-15-11-9-14(10-12-15)13-25-27-22(28)21-20(16-5-1-3-7-18(16)24)17-6-2-4-8-19(17)26-21/h1-13,26H,(H,27,28)/b25-13-. The minimum atomic E-state index is -0.351. The van der Waals surface area contributed by atoms with E-state index in [1.54, 1.807) is 24.4 Å². The lowest BCUT2D eigenvalue weighted by atomic mass is 10.0. The molecule has 0 saturated heterocycles. The summed E-state index contributed by atoms with van der Waals surface area (Å²) in [4.78, 5) is 16.0. The predicted octanol–water partition coefficient (Wildman–Crippen LogP) is 5.91. The van der Waals surface area contributed by atoms with Crippen molar-refractivity contribution >= 4 is 46.2 Å². The molecule has 6 heteroatoms. The summed E-state index contributed by atoms with van der Waals surface area (Å²) in [5.74, 6) is -0.351. The first kappa shape index (κ1) is 18.3. The average molecular weight is 408 g/mol. The third-order valence-corrected chi connectivity index (χ3v) is 4.91. The van der Waals surface area contributed by atoms with E-state index in [2.05, 4.69) is 15.5 Å². The van der Waals surface area contributed by atoms with Gasteiger partial charge in [0.1, 0.15) is 5.69 Å². The van der Waals surface area contributed by atoms with E-state index in [9.17, 15) is 4.79 Å². The van der Waals surface area contributed by atoms with Gasteiger partial charge in [-0.2, -0.15) is 5.10 Å². The molecule has 4 aromatic rings. The largest absolute Gasteiger partial charge is 0.350 e. The summed E-state index contributed by atoms with van der Waals surface area (Å²) in [6.45, 7) is 0. The second-order valence-corrected chi connectivity index (χ2v) is 6.99. The molecule has 0 unspecified atom stereocenters. The molecule has 28 heavy (non-hydrogen) atoms. The molecule has 0 radical (unpaired) electrons. The van der Waals surface area contributed by atoms with Crippen LogP contribution < -0.4 is 5.43 Å². The van der Waals surface area contributed by atoms with Gasteiger partial charge < -0.3 is 4.98 Å². The van der Waals surface area contributed by atoms with Crippen LogP contribution in [0.5, 0.6) is 0 Å². The minimum Gasteiger partial charge on any atom is -0.350 e. The van der Waals surface area contributed by atoms with Gasteiger partial charge in [-0.05, 0) is 29.8 Å². The lowest BCUT2D eigenvalue weighted by Gasteiger charge is -2.06. The number of aromatic nitrogens is 1. The Hall–Kier alpha value is -3.08. The van der Waals surface area contributed by atoms with Gasteiger partial charge in [-0.3, -0.25) is 4.79 Å². The van der Waals surface area contributed by atoms with Crippen LogP contribution in [0.1, 0.15) is 16.1 Å². The first-order valence-corrected chi connectivity index (χ1v) is 9.33. The number of carbonyl (C=O) groups excluding carboxylic acids is 1. The molecular weight excluding hydrogens is 393 g/mol. The second kappa shape index (κ2) is 7.89. The van der Waals surface area contributed by atoms with Crippen LogP contribution in [-0.2, 0) is 0 Å². The molecule has 2 N–H and O–H groups in total. The molecule has 0 fully saturated rings. The molecule has 0 bridgehead atoms. The Bertz CT molecular complexity index is 1180. The number of hydrogen-bond acceptors (Lipinski definition) is 2. The van der Waals surface area contributed by atoms with E-state index in [4.69, 9.17) is 23.2 Å². The highest BCUT2D eigenvalue weighted by molar-refractivity contribution is 6.34. The first-order valence-electron chi connectivity index (χ1n) is 8.58. The van der Waals surface area contributed by atoms with Crippen LogP contribution in [0.15, 0.2) is 77.9 Å². The number of hydrogen-bond donors (Lipinski definition) is 2. The summed E-state index contributed by atoms with van der Waals surface area (Å²) in [5.41, 5.74) is 6.19. The van der Waals surface area contributed by atoms with Gasteiger partial charge >= 0.3 is 0 Å². The lowest BCUT2D eigenvalue weighted by molar-refractivity contribution is 0.0951. The van der Waals surface area contributed by atoms with Crippen molar-refractivity contribution in [3.63, 3.8) is 0 Å². The number of amides is 1. The van der Waals surface area contributed by atoms with Crippen molar-refractivity contribution < 1.29 is 4.79 Å². The van der Waals surface area contributed by atoms with Crippen molar-refractivity contribution in [2.24, 2.45) is 5.10 Å². The highest BCUT2D eigenvalue weighted by Gasteiger charge is 2.20. The Balaban J connectivity index is 1.70. The van der Waals surface area contributed by atoms with E-state index in [-0.39, 0.29) is 5.91 Å². The van der Waals surface area contributed by atoms with Crippen molar-refractivity contribution in [2.75, 3.05) is 0 Å². The van der Waals surface area contributed by atoms with Gasteiger partial charge in [0.05, 0.1) is 6.21 Å². The highest BCUT2D eigenvalue weighted by atomic mass is 35.5. The van der Waals surface area contributed by atoms with Gasteiger partial charge in [0, 0.05) is 32.1 Å². The van der Waals surface area contributed by atoms with E-state index >= 15 is 0 Å². The van der Waals surface area contributed by atoms with Crippen molar-refractivity contribution in [1.29, 1.82) is 0 Å². The summed E-state index contributed by atoms with van der Waals surface area (Å²) in [7, 11) is 0. The molecule has 4 rings (SSSR count). The number of aromatic amines is 1. The van der Waals surface area contributed by atoms with Gasteiger partial charge in [-0.25, -0.2) is 5.43 Å². The third kappa shape index (κ3) is 3.65. The van der Waals surface area contributed by atoms with Crippen LogP contribution in [-0.4, -0.2) is 17.1 Å². The molecule has 0 spiro atoms. The average Bonchev–Trinajstić information content (AvgIpc) is 3.09. The maximum atomic E-state index is 12.8. The van der Waals surface area contributed by atoms with E-state index < -0.39 is 0 Å². The number of rotatable bonds is 4. The Kier molecular flexibility index (Phi) is 5.15. The monoisotopic (exact) mass is 407 g/mol. The van der Waals surface area contributed by atoms with Gasteiger partial charge in [0.2, 0.25) is 0 Å². The zero-order valence-corrected chi connectivity index (χ0v) is 16.1. The van der Waals surface area contributed by atoms with Gasteiger partial charge in [-0.15, -0.1) is 0 Å². The van der Waals surface area contributed by atoms with E-state index in [0.29, 0.717) is 15.7 Å². The molecule has 0 atom stereocenters. The quantitative estimate of drug-likeness (QED) is 0.320. The van der Waals surface area contributed by atoms with Gasteiger partial charge in [0.15, 0.2) is 0 Å². The fraction of sp³-hybridized carbons (Fsp3) is 0. The zero-order chi connectivity index (χ0) is 19.5. The van der Waals surface area contributed by atoms with Crippen LogP contribution in [0.4, 0.5) is 0 Å². The Morgan fingerprint density at radius 3 is 2.43 bits per heavy atom. The molecule has 0 aliphatic rings. The van der Waals surface area contributed by atoms with Crippen molar-refractivity contribution in [2.45, 2.75) is 0 Å². The normalized spacial score (nSPS) is 11.2. The number of halogens is 2. The van der Waals surface area contributed by atoms with Crippen molar-refractivity contribution in [1.82, 2.24) is 10.4 Å². The fourth-order valence-electron chi connectivity index (χ4n) is 3.03. The summed E-state index contributed by atoms with van der Waals surface area (Å²) >= 11 is 12.3. The molecule has 1 aromatic heterocycles. The molecule has 0 saturated carbocycles. The Labute approximate surface area is 171 Å². The molecule has 0 aliphatic heterocycles.